The lowest BCUT2D eigenvalue weighted by Crippen LogP contribution is -1.87. The second-order valence-corrected chi connectivity index (χ2v) is 4.31. The standard InChI is InChI=1S/C16H15NO2/c1-18-14-8-9-15(19-2)16-12(14)10-13(17-16)11-6-4-3-5-7-11/h3-10,17H,1-2H3. The second kappa shape index (κ2) is 4.69. The summed E-state index contributed by atoms with van der Waals surface area (Å²) in [6, 6.07) is 16.1. The van der Waals surface area contributed by atoms with Crippen LogP contribution >= 0.6 is 0 Å². The van der Waals surface area contributed by atoms with Gasteiger partial charge in [0, 0.05) is 11.1 Å². The van der Waals surface area contributed by atoms with Crippen LogP contribution in [0.1, 0.15) is 0 Å². The maximum absolute atomic E-state index is 5.40. The maximum Gasteiger partial charge on any atom is 0.143 e. The Labute approximate surface area is 111 Å². The van der Waals surface area contributed by atoms with Crippen LogP contribution in [-0.2, 0) is 0 Å². The number of benzene rings is 2. The number of hydrogen-bond acceptors (Lipinski definition) is 2. The molecule has 0 saturated heterocycles. The summed E-state index contributed by atoms with van der Waals surface area (Å²) in [5.41, 5.74) is 3.15. The van der Waals surface area contributed by atoms with E-state index in [1.54, 1.807) is 14.2 Å². The van der Waals surface area contributed by atoms with Crippen LogP contribution in [0, 0.1) is 0 Å². The van der Waals surface area contributed by atoms with Gasteiger partial charge in [0.1, 0.15) is 11.5 Å². The molecule has 0 aliphatic rings. The van der Waals surface area contributed by atoms with Gasteiger partial charge in [0.2, 0.25) is 0 Å². The normalized spacial score (nSPS) is 10.6. The van der Waals surface area contributed by atoms with Crippen LogP contribution in [0.4, 0.5) is 0 Å². The molecule has 3 nitrogen and oxygen atoms in total. The van der Waals surface area contributed by atoms with Gasteiger partial charge in [-0.3, -0.25) is 0 Å². The van der Waals surface area contributed by atoms with Gasteiger partial charge in [0.25, 0.3) is 0 Å². The third-order valence-electron chi connectivity index (χ3n) is 3.24. The van der Waals surface area contributed by atoms with E-state index in [4.69, 9.17) is 9.47 Å². The fourth-order valence-electron chi connectivity index (χ4n) is 2.29. The number of methoxy groups -OCH3 is 2. The Balaban J connectivity index is 2.24. The van der Waals surface area contributed by atoms with Gasteiger partial charge in [-0.25, -0.2) is 0 Å². The molecule has 0 amide bonds. The summed E-state index contributed by atoms with van der Waals surface area (Å²) in [7, 11) is 3.35. The Morgan fingerprint density at radius 3 is 2.21 bits per heavy atom. The highest BCUT2D eigenvalue weighted by atomic mass is 16.5. The number of aromatic amines is 1. The highest BCUT2D eigenvalue weighted by Gasteiger charge is 2.11. The predicted molar refractivity (Wildman–Crippen MR) is 76.8 cm³/mol. The van der Waals surface area contributed by atoms with Crippen molar-refractivity contribution in [3.8, 4) is 22.8 Å². The van der Waals surface area contributed by atoms with E-state index in [9.17, 15) is 0 Å². The molecule has 96 valence electrons. The van der Waals surface area contributed by atoms with Crippen molar-refractivity contribution in [3.63, 3.8) is 0 Å². The van der Waals surface area contributed by atoms with Crippen molar-refractivity contribution in [2.24, 2.45) is 0 Å². The van der Waals surface area contributed by atoms with E-state index in [1.807, 2.05) is 30.3 Å². The minimum atomic E-state index is 0.818. The van der Waals surface area contributed by atoms with Crippen LogP contribution in [0.2, 0.25) is 0 Å². The molecule has 0 fully saturated rings. The molecule has 0 spiro atoms. The SMILES string of the molecule is COc1ccc(OC)c2[nH]c(-c3ccccc3)cc12. The number of ether oxygens (including phenoxy) is 2. The Morgan fingerprint density at radius 2 is 1.53 bits per heavy atom. The van der Waals surface area contributed by atoms with Crippen molar-refractivity contribution >= 4 is 10.9 Å². The molecule has 3 heteroatoms. The Hall–Kier alpha value is -2.42. The summed E-state index contributed by atoms with van der Waals surface area (Å²) in [5, 5.41) is 1.03. The van der Waals surface area contributed by atoms with E-state index >= 15 is 0 Å². The molecule has 0 aliphatic heterocycles. The number of fused-ring (bicyclic) bond motifs is 1. The van der Waals surface area contributed by atoms with E-state index in [0.717, 1.165) is 33.7 Å². The average molecular weight is 253 g/mol. The lowest BCUT2D eigenvalue weighted by atomic mass is 10.1. The molecule has 19 heavy (non-hydrogen) atoms. The van der Waals surface area contributed by atoms with Crippen molar-refractivity contribution < 1.29 is 9.47 Å². The van der Waals surface area contributed by atoms with Gasteiger partial charge in [-0.1, -0.05) is 30.3 Å². The molecule has 0 aliphatic carbocycles. The fraction of sp³-hybridized carbons (Fsp3) is 0.125. The van der Waals surface area contributed by atoms with E-state index in [1.165, 1.54) is 0 Å². The molecule has 3 rings (SSSR count). The smallest absolute Gasteiger partial charge is 0.143 e. The highest BCUT2D eigenvalue weighted by Crippen LogP contribution is 2.35. The van der Waals surface area contributed by atoms with Gasteiger partial charge in [-0.15, -0.1) is 0 Å². The number of rotatable bonds is 3. The first-order valence-electron chi connectivity index (χ1n) is 6.12. The molecule has 3 aromatic rings. The Bertz CT molecular complexity index is 660. The summed E-state index contributed by atoms with van der Waals surface area (Å²) >= 11 is 0. The monoisotopic (exact) mass is 253 g/mol. The minimum Gasteiger partial charge on any atom is -0.496 e. The lowest BCUT2D eigenvalue weighted by molar-refractivity contribution is 0.410. The van der Waals surface area contributed by atoms with Crippen LogP contribution < -0.4 is 9.47 Å². The van der Waals surface area contributed by atoms with E-state index in [2.05, 4.69) is 23.2 Å². The van der Waals surface area contributed by atoms with Crippen molar-refractivity contribution in [3.05, 3.63) is 48.5 Å². The van der Waals surface area contributed by atoms with Gasteiger partial charge in [0.05, 0.1) is 19.7 Å². The average Bonchev–Trinajstić information content (AvgIpc) is 2.92. The van der Waals surface area contributed by atoms with Crippen molar-refractivity contribution in [1.82, 2.24) is 4.98 Å². The van der Waals surface area contributed by atoms with Gasteiger partial charge < -0.3 is 14.5 Å². The maximum atomic E-state index is 5.40. The lowest BCUT2D eigenvalue weighted by Gasteiger charge is -2.05. The van der Waals surface area contributed by atoms with Gasteiger partial charge >= 0.3 is 0 Å². The Kier molecular flexibility index (Phi) is 2.88. The summed E-state index contributed by atoms with van der Waals surface area (Å²) < 4.78 is 10.8. The van der Waals surface area contributed by atoms with Crippen molar-refractivity contribution in [1.29, 1.82) is 0 Å². The summed E-state index contributed by atoms with van der Waals surface area (Å²) in [6.07, 6.45) is 0. The third kappa shape index (κ3) is 1.93. The second-order valence-electron chi connectivity index (χ2n) is 4.31. The third-order valence-corrected chi connectivity index (χ3v) is 3.24. The Morgan fingerprint density at radius 1 is 0.842 bits per heavy atom. The van der Waals surface area contributed by atoms with E-state index in [-0.39, 0.29) is 0 Å². The fourth-order valence-corrected chi connectivity index (χ4v) is 2.29. The molecule has 1 heterocycles. The molecular weight excluding hydrogens is 238 g/mol. The molecule has 0 unspecified atom stereocenters. The number of aromatic nitrogens is 1. The highest BCUT2D eigenvalue weighted by molar-refractivity contribution is 5.94. The molecule has 1 aromatic heterocycles. The van der Waals surface area contributed by atoms with Crippen LogP contribution in [0.15, 0.2) is 48.5 Å². The summed E-state index contributed by atoms with van der Waals surface area (Å²) in [5.74, 6) is 1.66. The molecule has 1 N–H and O–H groups in total. The zero-order valence-corrected chi connectivity index (χ0v) is 10.9. The topological polar surface area (TPSA) is 34.2 Å². The molecular formula is C16H15NO2. The predicted octanol–water partition coefficient (Wildman–Crippen LogP) is 3.85. The van der Waals surface area contributed by atoms with Gasteiger partial charge in [-0.2, -0.15) is 0 Å². The van der Waals surface area contributed by atoms with Crippen LogP contribution in [0.3, 0.4) is 0 Å². The molecule has 0 saturated carbocycles. The first-order chi connectivity index (χ1) is 9.33. The van der Waals surface area contributed by atoms with Crippen LogP contribution in [0.25, 0.3) is 22.2 Å². The largest absolute Gasteiger partial charge is 0.496 e. The van der Waals surface area contributed by atoms with Crippen LogP contribution in [-0.4, -0.2) is 19.2 Å². The van der Waals surface area contributed by atoms with Crippen LogP contribution in [0.5, 0.6) is 11.5 Å². The quantitative estimate of drug-likeness (QED) is 0.769. The van der Waals surface area contributed by atoms with Gasteiger partial charge in [0.15, 0.2) is 0 Å². The van der Waals surface area contributed by atoms with Gasteiger partial charge in [-0.05, 0) is 23.8 Å². The summed E-state index contributed by atoms with van der Waals surface area (Å²) in [6.45, 7) is 0. The minimum absolute atomic E-state index is 0.818. The molecule has 0 radical (unpaired) electrons. The zero-order valence-electron chi connectivity index (χ0n) is 10.9. The van der Waals surface area contributed by atoms with E-state index in [0.29, 0.717) is 0 Å². The number of hydrogen-bond donors (Lipinski definition) is 1. The van der Waals surface area contributed by atoms with E-state index < -0.39 is 0 Å². The molecule has 2 aromatic carbocycles. The zero-order chi connectivity index (χ0) is 13.2. The summed E-state index contributed by atoms with van der Waals surface area (Å²) in [4.78, 5) is 3.40. The number of H-pyrrole nitrogens is 1. The first-order valence-corrected chi connectivity index (χ1v) is 6.12. The molecule has 0 atom stereocenters. The van der Waals surface area contributed by atoms with Crippen molar-refractivity contribution in [2.75, 3.05) is 14.2 Å². The number of nitrogens with one attached hydrogen (secondary N) is 1. The van der Waals surface area contributed by atoms with Crippen molar-refractivity contribution in [2.45, 2.75) is 0 Å². The first kappa shape index (κ1) is 11.7. The molecule has 0 bridgehead atoms.